The molecule has 52 valence electrons. The molecule has 0 aromatic carbocycles. The third-order valence-corrected chi connectivity index (χ3v) is 2.28. The minimum atomic E-state index is 0.604. The highest BCUT2D eigenvalue weighted by molar-refractivity contribution is 7.25. The van der Waals surface area contributed by atoms with Crippen molar-refractivity contribution in [1.29, 1.82) is 0 Å². The summed E-state index contributed by atoms with van der Waals surface area (Å²) in [6.45, 7) is 1.95. The highest BCUT2D eigenvalue weighted by Gasteiger charge is 1.98. The van der Waals surface area contributed by atoms with Gasteiger partial charge in [0.25, 0.3) is 0 Å². The predicted octanol–water partition coefficient (Wildman–Crippen LogP) is 0.794. The van der Waals surface area contributed by atoms with Crippen molar-refractivity contribution in [3.8, 4) is 0 Å². The maximum absolute atomic E-state index is 5.52. The summed E-state index contributed by atoms with van der Waals surface area (Å²) in [5.74, 6) is 0. The molecular weight excluding hydrogens is 155 g/mol. The van der Waals surface area contributed by atoms with Crippen LogP contribution in [0.5, 0.6) is 0 Å². The van der Waals surface area contributed by atoms with Crippen LogP contribution >= 0.6 is 11.3 Å². The molecule has 2 heterocycles. The maximum Gasteiger partial charge on any atom is 0.157 e. The number of aryl methyl sites for hydroxylation is 1. The van der Waals surface area contributed by atoms with Crippen molar-refractivity contribution in [1.82, 2.24) is 9.97 Å². The van der Waals surface area contributed by atoms with Crippen LogP contribution in [-0.2, 0) is 0 Å². The number of hydrogen-bond acceptors (Lipinski definition) is 3. The van der Waals surface area contributed by atoms with Gasteiger partial charge in [-0.05, 0) is 13.0 Å². The van der Waals surface area contributed by atoms with E-state index in [-0.39, 0.29) is 0 Å². The molecule has 0 saturated carbocycles. The zero-order valence-electron chi connectivity index (χ0n) is 6.03. The van der Waals surface area contributed by atoms with E-state index in [4.69, 9.17) is 7.85 Å². The average Bonchev–Trinajstić information content (AvgIpc) is 2.27. The normalized spacial score (nSPS) is 10.6. The van der Waals surface area contributed by atoms with Gasteiger partial charge in [-0.1, -0.05) is 0 Å². The second-order valence-corrected chi connectivity index (χ2v) is 3.41. The topological polar surface area (TPSA) is 25.8 Å². The molecule has 2 rings (SSSR count). The number of fused-ring (bicyclic) bond motifs is 1. The average molecular weight is 160 g/mol. The van der Waals surface area contributed by atoms with Gasteiger partial charge in [0.05, 0.1) is 16.4 Å². The van der Waals surface area contributed by atoms with E-state index in [2.05, 4.69) is 9.97 Å². The molecule has 11 heavy (non-hydrogen) atoms. The van der Waals surface area contributed by atoms with Gasteiger partial charge < -0.3 is 0 Å². The van der Waals surface area contributed by atoms with Crippen molar-refractivity contribution in [2.75, 3.05) is 0 Å². The molecule has 0 fully saturated rings. The molecular formula is C7H5BN2S. The molecule has 2 aromatic heterocycles. The minimum absolute atomic E-state index is 0.604. The number of nitrogens with zero attached hydrogens (tertiary/aromatic N) is 2. The van der Waals surface area contributed by atoms with Crippen molar-refractivity contribution in [3.63, 3.8) is 0 Å². The second kappa shape index (κ2) is 2.31. The van der Waals surface area contributed by atoms with Gasteiger partial charge in [0, 0.05) is 10.6 Å². The molecule has 2 nitrogen and oxygen atoms in total. The second-order valence-electron chi connectivity index (χ2n) is 2.35. The van der Waals surface area contributed by atoms with E-state index >= 15 is 0 Å². The van der Waals surface area contributed by atoms with Crippen molar-refractivity contribution >= 4 is 34.3 Å². The highest BCUT2D eigenvalue weighted by atomic mass is 32.1. The Morgan fingerprint density at radius 1 is 1.55 bits per heavy atom. The Bertz CT molecular complexity index is 396. The lowest BCUT2D eigenvalue weighted by Crippen LogP contribution is -1.96. The largest absolute Gasteiger partial charge is 0.259 e. The standard InChI is InChI=1S/C7H5BN2S/c1-4-2-6-5(3-9-4)10-7(8)11-6/h2-3H,1H3. The molecule has 0 saturated heterocycles. The van der Waals surface area contributed by atoms with Gasteiger partial charge in [0.15, 0.2) is 7.85 Å². The molecule has 0 aliphatic rings. The van der Waals surface area contributed by atoms with Crippen molar-refractivity contribution in [2.45, 2.75) is 6.92 Å². The molecule has 0 amide bonds. The summed E-state index contributed by atoms with van der Waals surface area (Å²) in [6.07, 6.45) is 1.75. The molecule has 0 bridgehead atoms. The zero-order valence-corrected chi connectivity index (χ0v) is 6.85. The number of rotatable bonds is 0. The molecule has 0 N–H and O–H groups in total. The monoisotopic (exact) mass is 160 g/mol. The van der Waals surface area contributed by atoms with Gasteiger partial charge in [0.1, 0.15) is 0 Å². The van der Waals surface area contributed by atoms with E-state index in [0.29, 0.717) is 4.91 Å². The third-order valence-electron chi connectivity index (χ3n) is 1.43. The van der Waals surface area contributed by atoms with E-state index in [1.807, 2.05) is 13.0 Å². The summed E-state index contributed by atoms with van der Waals surface area (Å²) >= 11 is 1.49. The van der Waals surface area contributed by atoms with Crippen molar-refractivity contribution < 1.29 is 0 Å². The van der Waals surface area contributed by atoms with E-state index in [9.17, 15) is 0 Å². The van der Waals surface area contributed by atoms with Gasteiger partial charge in [-0.15, -0.1) is 11.3 Å². The Balaban J connectivity index is 2.82. The Hall–Kier alpha value is -0.895. The van der Waals surface area contributed by atoms with E-state index in [0.717, 1.165) is 15.9 Å². The summed E-state index contributed by atoms with van der Waals surface area (Å²) in [5, 5.41) is 0. The molecule has 0 aliphatic heterocycles. The summed E-state index contributed by atoms with van der Waals surface area (Å²) in [5.41, 5.74) is 1.89. The molecule has 2 radical (unpaired) electrons. The fourth-order valence-electron chi connectivity index (χ4n) is 0.947. The fourth-order valence-corrected chi connectivity index (χ4v) is 1.75. The SMILES string of the molecule is [B]c1nc2cnc(C)cc2s1. The molecule has 2 aromatic rings. The van der Waals surface area contributed by atoms with Crippen LogP contribution in [0.3, 0.4) is 0 Å². The van der Waals surface area contributed by atoms with Crippen LogP contribution in [0.25, 0.3) is 10.2 Å². The van der Waals surface area contributed by atoms with Crippen LogP contribution in [0.2, 0.25) is 0 Å². The van der Waals surface area contributed by atoms with E-state index < -0.39 is 0 Å². The van der Waals surface area contributed by atoms with Crippen molar-refractivity contribution in [3.05, 3.63) is 18.0 Å². The number of aromatic nitrogens is 2. The third kappa shape index (κ3) is 1.14. The minimum Gasteiger partial charge on any atom is -0.259 e. The molecule has 0 atom stereocenters. The number of pyridine rings is 1. The molecule has 0 unspecified atom stereocenters. The van der Waals surface area contributed by atoms with Gasteiger partial charge in [-0.2, -0.15) is 0 Å². The number of thiazole rings is 1. The molecule has 0 spiro atoms. The Morgan fingerprint density at radius 2 is 2.36 bits per heavy atom. The van der Waals surface area contributed by atoms with Crippen LogP contribution < -0.4 is 4.91 Å². The quantitative estimate of drug-likeness (QED) is 0.532. The molecule has 0 aliphatic carbocycles. The van der Waals surface area contributed by atoms with Crippen molar-refractivity contribution in [2.24, 2.45) is 0 Å². The summed E-state index contributed by atoms with van der Waals surface area (Å²) in [6, 6.07) is 1.99. The van der Waals surface area contributed by atoms with Gasteiger partial charge >= 0.3 is 0 Å². The highest BCUT2D eigenvalue weighted by Crippen LogP contribution is 2.14. The van der Waals surface area contributed by atoms with Crippen LogP contribution in [0.1, 0.15) is 5.69 Å². The van der Waals surface area contributed by atoms with Crippen LogP contribution in [0.15, 0.2) is 12.3 Å². The van der Waals surface area contributed by atoms with Crippen LogP contribution in [0, 0.1) is 6.92 Å². The Morgan fingerprint density at radius 3 is 3.18 bits per heavy atom. The maximum atomic E-state index is 5.52. The Kier molecular flexibility index (Phi) is 1.42. The number of hydrogen-bond donors (Lipinski definition) is 0. The van der Waals surface area contributed by atoms with Gasteiger partial charge in [-0.25, -0.2) is 0 Å². The lowest BCUT2D eigenvalue weighted by molar-refractivity contribution is 1.22. The first-order valence-electron chi connectivity index (χ1n) is 3.24. The first kappa shape index (κ1) is 6.79. The smallest absolute Gasteiger partial charge is 0.157 e. The lowest BCUT2D eigenvalue weighted by atomic mass is 10.2. The predicted molar refractivity (Wildman–Crippen MR) is 47.5 cm³/mol. The first-order chi connectivity index (χ1) is 5.25. The lowest BCUT2D eigenvalue weighted by Gasteiger charge is -1.88. The fraction of sp³-hybridized carbons (Fsp3) is 0.143. The summed E-state index contributed by atoms with van der Waals surface area (Å²) < 4.78 is 1.11. The Labute approximate surface area is 69.7 Å². The van der Waals surface area contributed by atoms with E-state index in [1.165, 1.54) is 11.3 Å². The zero-order chi connectivity index (χ0) is 7.84. The van der Waals surface area contributed by atoms with Gasteiger partial charge in [0.2, 0.25) is 0 Å². The first-order valence-corrected chi connectivity index (χ1v) is 4.06. The summed E-state index contributed by atoms with van der Waals surface area (Å²) in [7, 11) is 5.52. The molecule has 4 heteroatoms. The summed E-state index contributed by atoms with van der Waals surface area (Å²) in [4.78, 5) is 8.80. The van der Waals surface area contributed by atoms with Gasteiger partial charge in [-0.3, -0.25) is 9.97 Å². The van der Waals surface area contributed by atoms with Crippen LogP contribution in [0.4, 0.5) is 0 Å². The van der Waals surface area contributed by atoms with Crippen LogP contribution in [-0.4, -0.2) is 17.8 Å². The van der Waals surface area contributed by atoms with E-state index in [1.54, 1.807) is 6.20 Å².